The van der Waals surface area contributed by atoms with Crippen LogP contribution in [0.4, 0.5) is 0 Å². The molecule has 3 N–H and O–H groups in total. The van der Waals surface area contributed by atoms with Crippen molar-refractivity contribution in [1.82, 2.24) is 0 Å². The van der Waals surface area contributed by atoms with Gasteiger partial charge in [0.2, 0.25) is 0 Å². The Morgan fingerprint density at radius 2 is 1.55 bits per heavy atom. The quantitative estimate of drug-likeness (QED) is 0.733. The largest absolute Gasteiger partial charge is 0.508 e. The second-order valence-corrected chi connectivity index (χ2v) is 4.06. The highest BCUT2D eigenvalue weighted by Gasteiger charge is 1.99. The molecule has 0 fully saturated rings. The average molecular weight is 272 g/mol. The number of phenolic OH excluding ortho intramolecular Hbond substituents is 2. The van der Waals surface area contributed by atoms with Crippen molar-refractivity contribution in [2.75, 3.05) is 0 Å². The van der Waals surface area contributed by atoms with Gasteiger partial charge in [-0.2, -0.15) is 0 Å². The zero-order valence-electron chi connectivity index (χ0n) is 11.0. The van der Waals surface area contributed by atoms with Gasteiger partial charge in [0.25, 0.3) is 0 Å². The number of hydrogen-bond acceptors (Lipinski definition) is 3. The van der Waals surface area contributed by atoms with E-state index in [9.17, 15) is 4.79 Å². The number of hydrogen-bond donors (Lipinski definition) is 3. The zero-order valence-corrected chi connectivity index (χ0v) is 11.0. The van der Waals surface area contributed by atoms with Crippen molar-refractivity contribution in [2.45, 2.75) is 6.92 Å². The summed E-state index contributed by atoms with van der Waals surface area (Å²) >= 11 is 0. The van der Waals surface area contributed by atoms with Gasteiger partial charge >= 0.3 is 5.97 Å². The third-order valence-corrected chi connectivity index (χ3v) is 2.35. The lowest BCUT2D eigenvalue weighted by Gasteiger charge is -1.96. The number of phenols is 2. The normalized spacial score (nSPS) is 10.3. The summed E-state index contributed by atoms with van der Waals surface area (Å²) in [4.78, 5) is 10.5. The first-order valence-corrected chi connectivity index (χ1v) is 5.93. The Bertz CT molecular complexity index is 588. The van der Waals surface area contributed by atoms with Crippen molar-refractivity contribution < 1.29 is 20.1 Å². The van der Waals surface area contributed by atoms with Gasteiger partial charge in [-0.05, 0) is 42.8 Å². The lowest BCUT2D eigenvalue weighted by atomic mass is 10.1. The van der Waals surface area contributed by atoms with Crippen LogP contribution < -0.4 is 0 Å². The highest BCUT2D eigenvalue weighted by Crippen LogP contribution is 2.13. The highest BCUT2D eigenvalue weighted by atomic mass is 16.4. The Balaban J connectivity index is 0.000000240. The maximum absolute atomic E-state index is 10.5. The van der Waals surface area contributed by atoms with Crippen molar-refractivity contribution in [2.24, 2.45) is 0 Å². The van der Waals surface area contributed by atoms with Crippen molar-refractivity contribution >= 4 is 12.0 Å². The molecule has 0 unspecified atom stereocenters. The molecule has 0 aliphatic carbocycles. The van der Waals surface area contributed by atoms with E-state index in [2.05, 4.69) is 0 Å². The molecule has 2 rings (SSSR count). The molecule has 0 atom stereocenters. The summed E-state index contributed by atoms with van der Waals surface area (Å²) in [6, 6.07) is 15.1. The van der Waals surface area contributed by atoms with Gasteiger partial charge in [-0.3, -0.25) is 0 Å². The SMILES string of the molecule is CC(=Cc1cccc(O)c1)C(=O)O.Oc1ccccc1. The van der Waals surface area contributed by atoms with E-state index in [1.54, 1.807) is 36.4 Å². The molecule has 0 aliphatic heterocycles. The van der Waals surface area contributed by atoms with Crippen LogP contribution in [0, 0.1) is 0 Å². The summed E-state index contributed by atoms with van der Waals surface area (Å²) in [5.41, 5.74) is 0.922. The molecule has 2 aromatic carbocycles. The Hall–Kier alpha value is -2.75. The lowest BCUT2D eigenvalue weighted by molar-refractivity contribution is -0.132. The van der Waals surface area contributed by atoms with Crippen molar-refractivity contribution in [3.8, 4) is 11.5 Å². The predicted octanol–water partition coefficient (Wildman–Crippen LogP) is 3.27. The summed E-state index contributed by atoms with van der Waals surface area (Å²) in [5.74, 6) is -0.502. The zero-order chi connectivity index (χ0) is 15.0. The number of benzene rings is 2. The Labute approximate surface area is 117 Å². The lowest BCUT2D eigenvalue weighted by Crippen LogP contribution is -1.95. The molecule has 0 radical (unpaired) electrons. The smallest absolute Gasteiger partial charge is 0.331 e. The Morgan fingerprint density at radius 3 is 2.00 bits per heavy atom. The van der Waals surface area contributed by atoms with E-state index in [1.807, 2.05) is 6.07 Å². The molecule has 20 heavy (non-hydrogen) atoms. The first-order valence-electron chi connectivity index (χ1n) is 5.93. The van der Waals surface area contributed by atoms with Crippen LogP contribution >= 0.6 is 0 Å². The maximum atomic E-state index is 10.5. The van der Waals surface area contributed by atoms with E-state index in [0.717, 1.165) is 0 Å². The van der Waals surface area contributed by atoms with Crippen molar-refractivity contribution in [3.63, 3.8) is 0 Å². The third-order valence-electron chi connectivity index (χ3n) is 2.35. The van der Waals surface area contributed by atoms with Crippen LogP contribution in [-0.4, -0.2) is 21.3 Å². The number of aliphatic carboxylic acids is 1. The van der Waals surface area contributed by atoms with Crippen LogP contribution in [0.2, 0.25) is 0 Å². The minimum atomic E-state index is -0.955. The van der Waals surface area contributed by atoms with Gasteiger partial charge in [0.05, 0.1) is 0 Å². The van der Waals surface area contributed by atoms with Gasteiger partial charge in [-0.25, -0.2) is 4.79 Å². The predicted molar refractivity (Wildman–Crippen MR) is 77.5 cm³/mol. The number of aromatic hydroxyl groups is 2. The number of rotatable bonds is 2. The molecule has 0 amide bonds. The van der Waals surface area contributed by atoms with E-state index in [4.69, 9.17) is 15.3 Å². The fourth-order valence-corrected chi connectivity index (χ4v) is 1.35. The van der Waals surface area contributed by atoms with Crippen LogP contribution in [0.15, 0.2) is 60.2 Å². The molecule has 0 saturated carbocycles. The molecular formula is C16H16O4. The van der Waals surface area contributed by atoms with Crippen LogP contribution in [0.3, 0.4) is 0 Å². The van der Waals surface area contributed by atoms with E-state index in [0.29, 0.717) is 11.3 Å². The van der Waals surface area contributed by atoms with E-state index in [1.165, 1.54) is 25.1 Å². The van der Waals surface area contributed by atoms with E-state index < -0.39 is 5.97 Å². The summed E-state index contributed by atoms with van der Waals surface area (Å²) in [5, 5.41) is 26.3. The standard InChI is InChI=1S/C10H10O3.C6H6O/c1-7(10(12)13)5-8-3-2-4-9(11)6-8;7-6-4-2-1-3-5-6/h2-6,11H,1H3,(H,12,13);1-5,7H. The van der Waals surface area contributed by atoms with Gasteiger partial charge in [-0.1, -0.05) is 30.3 Å². The number of carboxylic acid groups (broad SMARTS) is 1. The minimum Gasteiger partial charge on any atom is -0.508 e. The molecule has 0 aliphatic rings. The van der Waals surface area contributed by atoms with Gasteiger partial charge in [0.1, 0.15) is 11.5 Å². The number of carboxylic acids is 1. The molecular weight excluding hydrogens is 256 g/mol. The van der Waals surface area contributed by atoms with Crippen LogP contribution in [0.1, 0.15) is 12.5 Å². The molecule has 0 aromatic heterocycles. The van der Waals surface area contributed by atoms with Gasteiger partial charge in [0, 0.05) is 5.57 Å². The molecule has 104 valence electrons. The molecule has 0 heterocycles. The number of carbonyl (C=O) groups is 1. The van der Waals surface area contributed by atoms with Gasteiger partial charge in [-0.15, -0.1) is 0 Å². The fraction of sp³-hybridized carbons (Fsp3) is 0.0625. The third kappa shape index (κ3) is 5.73. The van der Waals surface area contributed by atoms with Crippen LogP contribution in [0.25, 0.3) is 6.08 Å². The molecule has 4 heteroatoms. The fourth-order valence-electron chi connectivity index (χ4n) is 1.35. The minimum absolute atomic E-state index is 0.131. The van der Waals surface area contributed by atoms with E-state index in [-0.39, 0.29) is 11.3 Å². The van der Waals surface area contributed by atoms with Crippen molar-refractivity contribution in [1.29, 1.82) is 0 Å². The van der Waals surface area contributed by atoms with Crippen LogP contribution in [0.5, 0.6) is 11.5 Å². The highest BCUT2D eigenvalue weighted by molar-refractivity contribution is 5.91. The maximum Gasteiger partial charge on any atom is 0.331 e. The molecule has 0 saturated heterocycles. The van der Waals surface area contributed by atoms with Crippen molar-refractivity contribution in [3.05, 3.63) is 65.7 Å². The second kappa shape index (κ2) is 7.63. The number of para-hydroxylation sites is 1. The molecule has 0 bridgehead atoms. The van der Waals surface area contributed by atoms with Gasteiger partial charge in [0.15, 0.2) is 0 Å². The Kier molecular flexibility index (Phi) is 5.84. The summed E-state index contributed by atoms with van der Waals surface area (Å²) in [6.45, 7) is 1.51. The summed E-state index contributed by atoms with van der Waals surface area (Å²) < 4.78 is 0. The second-order valence-electron chi connectivity index (χ2n) is 4.06. The monoisotopic (exact) mass is 272 g/mol. The summed E-state index contributed by atoms with van der Waals surface area (Å²) in [7, 11) is 0. The first-order chi connectivity index (χ1) is 9.49. The molecule has 4 nitrogen and oxygen atoms in total. The Morgan fingerprint density at radius 1 is 0.950 bits per heavy atom. The van der Waals surface area contributed by atoms with Crippen LogP contribution in [-0.2, 0) is 4.79 Å². The topological polar surface area (TPSA) is 77.8 Å². The van der Waals surface area contributed by atoms with E-state index >= 15 is 0 Å². The molecule has 2 aromatic rings. The molecule has 0 spiro atoms. The first kappa shape index (κ1) is 15.3. The summed E-state index contributed by atoms with van der Waals surface area (Å²) in [6.07, 6.45) is 1.50. The average Bonchev–Trinajstić information content (AvgIpc) is 2.40. The van der Waals surface area contributed by atoms with Gasteiger partial charge < -0.3 is 15.3 Å².